The number of anilines is 2. The van der Waals surface area contributed by atoms with Gasteiger partial charge in [0.1, 0.15) is 0 Å². The van der Waals surface area contributed by atoms with Gasteiger partial charge in [-0.15, -0.1) is 0 Å². The Morgan fingerprint density at radius 1 is 0.837 bits per heavy atom. The molecule has 5 aromatic rings. The molecule has 0 aliphatic rings. The van der Waals surface area contributed by atoms with Crippen molar-refractivity contribution in [2.75, 3.05) is 23.8 Å². The van der Waals surface area contributed by atoms with E-state index in [1.165, 1.54) is 31.6 Å². The Bertz CT molecular complexity index is 2020. The third-order valence-corrected chi connectivity index (χ3v) is 8.74. The van der Waals surface area contributed by atoms with Crippen molar-refractivity contribution in [2.45, 2.75) is 50.8 Å². The zero-order chi connectivity index (χ0) is 35.0. The van der Waals surface area contributed by atoms with Gasteiger partial charge < -0.3 is 19.5 Å². The fourth-order valence-corrected chi connectivity index (χ4v) is 5.75. The zero-order valence-corrected chi connectivity index (χ0v) is 28.7. The number of carbonyl (C=O) groups excluding carboxylic acids is 1. The molecular formula is C36H38N6O6S. The molecule has 5 rings (SSSR count). The second-order valence-electron chi connectivity index (χ2n) is 11.9. The number of nitrogens with one attached hydrogen (secondary N) is 2. The molecule has 0 bridgehead atoms. The van der Waals surface area contributed by atoms with Crippen LogP contribution >= 0.6 is 0 Å². The van der Waals surface area contributed by atoms with E-state index in [9.17, 15) is 13.2 Å². The topological polar surface area (TPSA) is 155 Å². The Hall–Kier alpha value is -5.56. The summed E-state index contributed by atoms with van der Waals surface area (Å²) in [6, 6.07) is 22.6. The average Bonchev–Trinajstić information content (AvgIpc) is 3.09. The van der Waals surface area contributed by atoms with Gasteiger partial charge in [-0.2, -0.15) is 4.98 Å². The van der Waals surface area contributed by atoms with Gasteiger partial charge in [-0.1, -0.05) is 70.2 Å². The minimum atomic E-state index is -4.21. The Morgan fingerprint density at radius 2 is 1.51 bits per heavy atom. The van der Waals surface area contributed by atoms with E-state index in [0.29, 0.717) is 11.4 Å². The molecule has 1 amide bonds. The van der Waals surface area contributed by atoms with Crippen LogP contribution in [0.4, 0.5) is 11.5 Å². The smallest absolute Gasteiger partial charge is 0.263 e. The first kappa shape index (κ1) is 34.8. The Kier molecular flexibility index (Phi) is 10.7. The average molecular weight is 683 g/mol. The van der Waals surface area contributed by atoms with Gasteiger partial charge in [0.25, 0.3) is 15.9 Å². The van der Waals surface area contributed by atoms with Crippen LogP contribution < -0.4 is 24.2 Å². The zero-order valence-electron chi connectivity index (χ0n) is 27.9. The number of carbonyl (C=O) groups is 1. The van der Waals surface area contributed by atoms with Gasteiger partial charge in [0.2, 0.25) is 17.5 Å². The van der Waals surface area contributed by atoms with Crippen LogP contribution in [-0.4, -0.2) is 48.0 Å². The van der Waals surface area contributed by atoms with Gasteiger partial charge in [0.15, 0.2) is 23.1 Å². The summed E-state index contributed by atoms with van der Waals surface area (Å²) in [5.74, 6) is -0.143. The van der Waals surface area contributed by atoms with Crippen LogP contribution in [-0.2, 0) is 26.7 Å². The van der Waals surface area contributed by atoms with Crippen molar-refractivity contribution in [1.29, 1.82) is 0 Å². The van der Waals surface area contributed by atoms with Crippen molar-refractivity contribution in [3.8, 4) is 34.8 Å². The monoisotopic (exact) mass is 682 g/mol. The van der Waals surface area contributed by atoms with Crippen LogP contribution in [0.3, 0.4) is 0 Å². The molecule has 0 radical (unpaired) electrons. The highest BCUT2D eigenvalue weighted by molar-refractivity contribution is 7.92. The number of para-hydroxylation sites is 3. The molecule has 3 aromatic carbocycles. The molecule has 0 saturated carbocycles. The molecular weight excluding hydrogens is 644 g/mol. The number of amides is 1. The van der Waals surface area contributed by atoms with E-state index in [1.807, 2.05) is 52.0 Å². The molecule has 0 aliphatic carbocycles. The largest absolute Gasteiger partial charge is 0.493 e. The van der Waals surface area contributed by atoms with Gasteiger partial charge in [-0.3, -0.25) is 9.52 Å². The molecule has 0 saturated heterocycles. The van der Waals surface area contributed by atoms with Crippen molar-refractivity contribution in [1.82, 2.24) is 19.9 Å². The molecule has 13 heteroatoms. The van der Waals surface area contributed by atoms with Crippen LogP contribution in [0.15, 0.2) is 96.2 Å². The maximum absolute atomic E-state index is 13.8. The SMILES string of the molecule is CCc1ccccc1NC(=O)CCOc1nc(-c2ncccn2)nc(NS(=O)(=O)c2ccc(C(C)(C)C)cc2)c1Oc1ccccc1OC. The summed E-state index contributed by atoms with van der Waals surface area (Å²) in [7, 11) is -2.73. The fourth-order valence-electron chi connectivity index (χ4n) is 4.74. The summed E-state index contributed by atoms with van der Waals surface area (Å²) in [6.07, 6.45) is 3.71. The van der Waals surface area contributed by atoms with Crippen molar-refractivity contribution in [2.24, 2.45) is 0 Å². The second kappa shape index (κ2) is 15.1. The molecule has 0 unspecified atom stereocenters. The lowest BCUT2D eigenvalue weighted by Crippen LogP contribution is -2.18. The Balaban J connectivity index is 1.54. The molecule has 254 valence electrons. The minimum Gasteiger partial charge on any atom is -0.493 e. The minimum absolute atomic E-state index is 0.00589. The summed E-state index contributed by atoms with van der Waals surface area (Å²) in [6.45, 7) is 8.00. The van der Waals surface area contributed by atoms with Crippen LogP contribution in [0.5, 0.6) is 23.1 Å². The summed E-state index contributed by atoms with van der Waals surface area (Å²) in [5.41, 5.74) is 2.51. The molecule has 2 heterocycles. The van der Waals surface area contributed by atoms with E-state index in [2.05, 4.69) is 30.0 Å². The summed E-state index contributed by atoms with van der Waals surface area (Å²) in [5, 5.41) is 2.92. The van der Waals surface area contributed by atoms with Crippen molar-refractivity contribution in [3.63, 3.8) is 0 Å². The first-order valence-corrected chi connectivity index (χ1v) is 17.1. The first-order valence-electron chi connectivity index (χ1n) is 15.6. The summed E-state index contributed by atoms with van der Waals surface area (Å²) in [4.78, 5) is 30.4. The van der Waals surface area contributed by atoms with Gasteiger partial charge in [-0.25, -0.2) is 23.4 Å². The molecule has 0 spiro atoms. The van der Waals surface area contributed by atoms with Crippen molar-refractivity contribution >= 4 is 27.4 Å². The number of benzene rings is 3. The highest BCUT2D eigenvalue weighted by atomic mass is 32.2. The summed E-state index contributed by atoms with van der Waals surface area (Å²) < 4.78 is 47.9. The second-order valence-corrected chi connectivity index (χ2v) is 13.6. The van der Waals surface area contributed by atoms with E-state index in [4.69, 9.17) is 14.2 Å². The predicted molar refractivity (Wildman–Crippen MR) is 187 cm³/mol. The van der Waals surface area contributed by atoms with E-state index in [1.54, 1.807) is 42.5 Å². The maximum atomic E-state index is 13.8. The number of aryl methyl sites for hydroxylation is 1. The highest BCUT2D eigenvalue weighted by Gasteiger charge is 2.26. The van der Waals surface area contributed by atoms with Gasteiger partial charge in [-0.05, 0) is 59.4 Å². The number of hydrogen-bond donors (Lipinski definition) is 2. The molecule has 0 aliphatic heterocycles. The number of ether oxygens (including phenoxy) is 3. The lowest BCUT2D eigenvalue weighted by atomic mass is 9.87. The third kappa shape index (κ3) is 8.68. The number of methoxy groups -OCH3 is 1. The van der Waals surface area contributed by atoms with Gasteiger partial charge in [0.05, 0.1) is 25.0 Å². The summed E-state index contributed by atoms with van der Waals surface area (Å²) >= 11 is 0. The lowest BCUT2D eigenvalue weighted by Gasteiger charge is -2.20. The first-order chi connectivity index (χ1) is 23.5. The van der Waals surface area contributed by atoms with Crippen LogP contribution in [0, 0.1) is 0 Å². The molecule has 49 heavy (non-hydrogen) atoms. The van der Waals surface area contributed by atoms with E-state index in [0.717, 1.165) is 17.5 Å². The number of hydrogen-bond acceptors (Lipinski definition) is 10. The number of rotatable bonds is 13. The number of nitrogens with zero attached hydrogens (tertiary/aromatic N) is 4. The van der Waals surface area contributed by atoms with Crippen LogP contribution in [0.1, 0.15) is 45.2 Å². The number of sulfonamides is 1. The Morgan fingerprint density at radius 3 is 2.18 bits per heavy atom. The normalized spacial score (nSPS) is 11.4. The van der Waals surface area contributed by atoms with E-state index >= 15 is 0 Å². The van der Waals surface area contributed by atoms with Crippen molar-refractivity contribution in [3.05, 3.63) is 102 Å². The quantitative estimate of drug-likeness (QED) is 0.135. The lowest BCUT2D eigenvalue weighted by molar-refractivity contribution is -0.116. The maximum Gasteiger partial charge on any atom is 0.263 e. The Labute approximate surface area is 286 Å². The molecule has 12 nitrogen and oxygen atoms in total. The van der Waals surface area contributed by atoms with E-state index < -0.39 is 10.0 Å². The van der Waals surface area contributed by atoms with Gasteiger partial charge in [0, 0.05) is 18.1 Å². The van der Waals surface area contributed by atoms with Gasteiger partial charge >= 0.3 is 0 Å². The van der Waals surface area contributed by atoms with Crippen molar-refractivity contribution < 1.29 is 27.4 Å². The fraction of sp³-hybridized carbons (Fsp3) is 0.250. The third-order valence-electron chi connectivity index (χ3n) is 7.38. The molecule has 0 atom stereocenters. The standard InChI is InChI=1S/C36H38N6O6S/c1-6-24-12-7-8-13-27(24)39-30(43)20-23-47-35-31(48-29-15-10-9-14-28(29)46-5)32(40-34(41-35)33-37-21-11-22-38-33)42-49(44,45)26-18-16-25(17-19-26)36(2,3)4/h7-19,21-22H,6,20,23H2,1-5H3,(H,39,43)(H,40,41,42). The molecule has 2 aromatic heterocycles. The molecule has 0 fully saturated rings. The molecule has 2 N–H and O–H groups in total. The van der Waals surface area contributed by atoms with Crippen LogP contribution in [0.2, 0.25) is 0 Å². The number of aromatic nitrogens is 4. The van der Waals surface area contributed by atoms with E-state index in [-0.39, 0.29) is 64.1 Å². The highest BCUT2D eigenvalue weighted by Crippen LogP contribution is 2.41. The predicted octanol–water partition coefficient (Wildman–Crippen LogP) is 6.80. The van der Waals surface area contributed by atoms with Crippen LogP contribution in [0.25, 0.3) is 11.6 Å².